The fraction of sp³-hybridized carbons (Fsp3) is 0.895. The Morgan fingerprint density at radius 1 is 0.414 bits per heavy atom. The quantitative estimate of drug-likeness (QED) is 0.0566. The van der Waals surface area contributed by atoms with Gasteiger partial charge in [0.1, 0.15) is 5.78 Å². The van der Waals surface area contributed by atoms with Crippen LogP contribution in [-0.2, 0) is 80.8 Å². The second kappa shape index (κ2) is 52.9. The van der Waals surface area contributed by atoms with Crippen molar-refractivity contribution in [3.8, 4) is 0 Å². The molecule has 0 aromatic heterocycles. The van der Waals surface area contributed by atoms with Gasteiger partial charge in [-0.1, -0.05) is 13.3 Å². The first kappa shape index (κ1) is 58.0. The highest BCUT2D eigenvalue weighted by molar-refractivity contribution is 7.80. The maximum atomic E-state index is 11.9. The van der Waals surface area contributed by atoms with E-state index in [1.807, 2.05) is 0 Å². The lowest BCUT2D eigenvalue weighted by Crippen LogP contribution is -2.37. The van der Waals surface area contributed by atoms with Gasteiger partial charge >= 0.3 is 6.15 Å². The van der Waals surface area contributed by atoms with Crippen LogP contribution in [0.2, 0.25) is 0 Å². The molecule has 2 N–H and O–H groups in total. The van der Waals surface area contributed by atoms with E-state index in [4.69, 9.17) is 66.4 Å². The molecule has 0 rings (SSSR count). The molecule has 0 bridgehead atoms. The maximum absolute atomic E-state index is 11.9. The summed E-state index contributed by atoms with van der Waals surface area (Å²) in [5.74, 6) is 0.0423. The molecule has 0 spiro atoms. The maximum Gasteiger partial charge on any atom is 0.373 e. The van der Waals surface area contributed by atoms with Crippen LogP contribution in [0.3, 0.4) is 0 Å². The van der Waals surface area contributed by atoms with Crippen LogP contribution in [0.25, 0.3) is 0 Å². The van der Waals surface area contributed by atoms with Gasteiger partial charge in [-0.2, -0.15) is 22.2 Å². The summed E-state index contributed by atoms with van der Waals surface area (Å²) in [6, 6.07) is 0. The van der Waals surface area contributed by atoms with Gasteiger partial charge in [-0.15, -0.1) is 0 Å². The molecule has 0 heterocycles. The number of hydrogen-bond donors (Lipinski definition) is 3. The van der Waals surface area contributed by atoms with Crippen molar-refractivity contribution < 1.29 is 80.8 Å². The summed E-state index contributed by atoms with van der Waals surface area (Å²) in [6.45, 7) is 14.5. The van der Waals surface area contributed by atoms with E-state index < -0.39 is 0 Å². The van der Waals surface area contributed by atoms with Crippen molar-refractivity contribution >= 4 is 36.4 Å². The van der Waals surface area contributed by atoms with E-state index in [0.29, 0.717) is 177 Å². The molecule has 0 saturated carbocycles. The summed E-state index contributed by atoms with van der Waals surface area (Å²) in [4.78, 5) is 51.4. The van der Waals surface area contributed by atoms with Gasteiger partial charge in [0.05, 0.1) is 159 Å². The lowest BCUT2D eigenvalue weighted by Gasteiger charge is -2.09. The van der Waals surface area contributed by atoms with Crippen LogP contribution >= 0.6 is 12.6 Å². The highest BCUT2D eigenvalue weighted by atomic mass is 32.1. The van der Waals surface area contributed by atoms with Crippen molar-refractivity contribution in [1.29, 1.82) is 0 Å². The number of nitrogens with one attached hydrogen (secondary N) is 2. The highest BCUT2D eigenvalue weighted by Gasteiger charge is 2.08. The van der Waals surface area contributed by atoms with Crippen LogP contribution in [-0.4, -0.2) is 201 Å². The molecule has 0 aromatic carbocycles. The lowest BCUT2D eigenvalue weighted by atomic mass is 10.1. The predicted octanol–water partition coefficient (Wildman–Crippen LogP) is 0.694. The monoisotopic (exact) mass is 860 g/mol. The summed E-state index contributed by atoms with van der Waals surface area (Å²) in [5, 5.41) is 5.14. The number of thiol groups is 1. The average molecular weight is 861 g/mol. The second-order valence-electron chi connectivity index (χ2n) is 11.8. The van der Waals surface area contributed by atoms with Crippen molar-refractivity contribution in [2.45, 2.75) is 45.4 Å². The number of hydrogen-bond acceptors (Lipinski definition) is 18. The lowest BCUT2D eigenvalue weighted by molar-refractivity contribution is -0.191. The molecule has 0 aliphatic carbocycles. The zero-order valence-corrected chi connectivity index (χ0v) is 35.6. The summed E-state index contributed by atoms with van der Waals surface area (Å²) < 4.78 is 65.5. The SMILES string of the molecule is CCCCOCCOCCOCCOCCOCCOCCOCCOCCOCCOCCOCCOCCC(=O)CCCC(=O)NCC(=O)NCCS.O=C=O. The van der Waals surface area contributed by atoms with Crippen molar-refractivity contribution in [1.82, 2.24) is 10.6 Å². The van der Waals surface area contributed by atoms with Crippen LogP contribution in [0.1, 0.15) is 45.4 Å². The van der Waals surface area contributed by atoms with Gasteiger partial charge in [0.25, 0.3) is 0 Å². The minimum atomic E-state index is -0.263. The van der Waals surface area contributed by atoms with Crippen molar-refractivity contribution in [2.24, 2.45) is 0 Å². The number of unbranched alkanes of at least 4 members (excludes halogenated alkanes) is 1. The van der Waals surface area contributed by atoms with Gasteiger partial charge in [0.2, 0.25) is 11.8 Å². The largest absolute Gasteiger partial charge is 0.379 e. The van der Waals surface area contributed by atoms with Crippen LogP contribution in [0, 0.1) is 0 Å². The van der Waals surface area contributed by atoms with Crippen LogP contribution < -0.4 is 10.6 Å². The molecule has 0 saturated heterocycles. The Balaban J connectivity index is 0. The van der Waals surface area contributed by atoms with E-state index in [9.17, 15) is 14.4 Å². The molecule has 0 aliphatic heterocycles. The average Bonchev–Trinajstić information content (AvgIpc) is 3.22. The summed E-state index contributed by atoms with van der Waals surface area (Å²) >= 11 is 4.00. The molecule has 342 valence electrons. The highest BCUT2D eigenvalue weighted by Crippen LogP contribution is 2.00. The first-order valence-electron chi connectivity index (χ1n) is 20.1. The predicted molar refractivity (Wildman–Crippen MR) is 213 cm³/mol. The van der Waals surface area contributed by atoms with Crippen molar-refractivity contribution in [2.75, 3.05) is 177 Å². The van der Waals surface area contributed by atoms with E-state index in [1.54, 1.807) is 0 Å². The zero-order valence-electron chi connectivity index (χ0n) is 34.7. The molecule has 58 heavy (non-hydrogen) atoms. The minimum Gasteiger partial charge on any atom is -0.379 e. The number of rotatable bonds is 47. The Labute approximate surface area is 350 Å². The summed E-state index contributed by atoms with van der Waals surface area (Å²) in [5.41, 5.74) is 0. The van der Waals surface area contributed by atoms with Gasteiger partial charge in [-0.05, 0) is 12.8 Å². The van der Waals surface area contributed by atoms with E-state index in [1.165, 1.54) is 0 Å². The van der Waals surface area contributed by atoms with Gasteiger partial charge < -0.3 is 67.5 Å². The van der Waals surface area contributed by atoms with Crippen LogP contribution in [0.15, 0.2) is 0 Å². The van der Waals surface area contributed by atoms with E-state index in [-0.39, 0.29) is 43.1 Å². The van der Waals surface area contributed by atoms with E-state index in [2.05, 4.69) is 30.2 Å². The Morgan fingerprint density at radius 2 is 0.724 bits per heavy atom. The third-order valence-electron chi connectivity index (χ3n) is 7.00. The molecule has 2 amide bonds. The first-order chi connectivity index (χ1) is 28.5. The second-order valence-corrected chi connectivity index (χ2v) is 12.2. The molecule has 0 aliphatic rings. The molecule has 0 fully saturated rings. The fourth-order valence-electron chi connectivity index (χ4n) is 4.05. The Kier molecular flexibility index (Phi) is 52.8. The topological polar surface area (TPSA) is 220 Å². The smallest absolute Gasteiger partial charge is 0.373 e. The van der Waals surface area contributed by atoms with Crippen molar-refractivity contribution in [3.05, 3.63) is 0 Å². The Morgan fingerprint density at radius 3 is 1.03 bits per heavy atom. The van der Waals surface area contributed by atoms with Gasteiger partial charge in [0, 0.05) is 38.2 Å². The Bertz CT molecular complexity index is 920. The van der Waals surface area contributed by atoms with E-state index in [0.717, 1.165) is 19.4 Å². The van der Waals surface area contributed by atoms with Crippen LogP contribution in [0.4, 0.5) is 0 Å². The number of carbonyl (C=O) groups is 3. The Hall–Kier alpha value is -2.14. The molecule has 0 atom stereocenters. The molecular weight excluding hydrogens is 788 g/mol. The normalized spacial score (nSPS) is 10.9. The molecule has 0 unspecified atom stereocenters. The molecule has 0 aromatic rings. The van der Waals surface area contributed by atoms with Gasteiger partial charge in [0.15, 0.2) is 0 Å². The molecule has 19 nitrogen and oxygen atoms in total. The third kappa shape index (κ3) is 53.9. The number of ether oxygens (including phenoxy) is 12. The zero-order chi connectivity index (χ0) is 42.7. The van der Waals surface area contributed by atoms with Gasteiger partial charge in [-0.25, -0.2) is 0 Å². The summed E-state index contributed by atoms with van der Waals surface area (Å²) in [6.07, 6.45) is 3.68. The third-order valence-corrected chi connectivity index (χ3v) is 7.22. The standard InChI is InChI=1S/C37H72N2O15S.CO2/c1-2-3-9-43-11-13-45-15-17-47-19-21-49-23-25-51-27-29-53-31-32-54-30-28-52-26-24-50-22-20-48-18-16-46-14-12-44-10-7-35(40)5-4-6-36(41)39-34-37(42)38-8-33-55;2-1-3/h55H,2-34H2,1H3,(H,38,42)(H,39,41);. The van der Waals surface area contributed by atoms with Gasteiger partial charge in [-0.3, -0.25) is 14.4 Å². The molecule has 0 radical (unpaired) electrons. The number of ketones is 1. The molecule has 20 heteroatoms. The first-order valence-corrected chi connectivity index (χ1v) is 20.7. The number of Topliss-reactive ketones (excluding diaryl/α,β-unsaturated/α-hetero) is 1. The van der Waals surface area contributed by atoms with E-state index >= 15 is 0 Å². The van der Waals surface area contributed by atoms with Crippen molar-refractivity contribution in [3.63, 3.8) is 0 Å². The fourth-order valence-corrected chi connectivity index (χ4v) is 4.16. The number of carbonyl (C=O) groups excluding carboxylic acids is 5. The summed E-state index contributed by atoms with van der Waals surface area (Å²) in [7, 11) is 0. The number of amides is 2. The van der Waals surface area contributed by atoms with Crippen LogP contribution in [0.5, 0.6) is 0 Å². The minimum absolute atomic E-state index is 0.0292. The molecular formula is C38H72N2O17S.